The van der Waals surface area contributed by atoms with Gasteiger partial charge in [-0.3, -0.25) is 0 Å². The molecule has 0 amide bonds. The van der Waals surface area contributed by atoms with E-state index in [4.69, 9.17) is 14.2 Å². The predicted octanol–water partition coefficient (Wildman–Crippen LogP) is 2.61. The van der Waals surface area contributed by atoms with Crippen LogP contribution >= 0.6 is 0 Å². The summed E-state index contributed by atoms with van der Waals surface area (Å²) in [4.78, 5) is 0. The number of hydrogen-bond acceptors (Lipinski definition) is 4. The van der Waals surface area contributed by atoms with Gasteiger partial charge in [-0.05, 0) is 49.9 Å². The molecule has 112 valence electrons. The molecule has 4 nitrogen and oxygen atoms in total. The van der Waals surface area contributed by atoms with Crippen molar-refractivity contribution in [1.82, 2.24) is 5.32 Å². The molecule has 1 N–H and O–H groups in total. The lowest BCUT2D eigenvalue weighted by Gasteiger charge is -2.22. The largest absolute Gasteiger partial charge is 0.493 e. The van der Waals surface area contributed by atoms with Crippen LogP contribution in [0.5, 0.6) is 11.5 Å². The van der Waals surface area contributed by atoms with E-state index in [-0.39, 0.29) is 0 Å². The molecule has 0 aromatic heterocycles. The number of ether oxygens (including phenoxy) is 3. The molecule has 2 rings (SSSR count). The lowest BCUT2D eigenvalue weighted by Crippen LogP contribution is -2.27. The van der Waals surface area contributed by atoms with Gasteiger partial charge in [0.05, 0.1) is 13.7 Å². The summed E-state index contributed by atoms with van der Waals surface area (Å²) in [6.07, 6.45) is 2.33. The lowest BCUT2D eigenvalue weighted by atomic mass is 10.0. The number of nitrogens with one attached hydrogen (secondary N) is 1. The third-order valence-corrected chi connectivity index (χ3v) is 3.63. The topological polar surface area (TPSA) is 39.7 Å². The zero-order chi connectivity index (χ0) is 14.2. The van der Waals surface area contributed by atoms with E-state index in [0.717, 1.165) is 43.7 Å². The van der Waals surface area contributed by atoms with Gasteiger partial charge in [0.1, 0.15) is 0 Å². The Labute approximate surface area is 121 Å². The molecule has 0 aliphatic carbocycles. The van der Waals surface area contributed by atoms with Crippen molar-refractivity contribution in [1.29, 1.82) is 0 Å². The summed E-state index contributed by atoms with van der Waals surface area (Å²) in [5.74, 6) is 2.36. The minimum absolute atomic E-state index is 0.648. The summed E-state index contributed by atoms with van der Waals surface area (Å²) in [7, 11) is 1.67. The molecule has 0 bridgehead atoms. The molecular weight excluding hydrogens is 254 g/mol. The first kappa shape index (κ1) is 15.1. The zero-order valence-corrected chi connectivity index (χ0v) is 12.5. The van der Waals surface area contributed by atoms with E-state index in [9.17, 15) is 0 Å². The number of hydrogen-bond donors (Lipinski definition) is 1. The van der Waals surface area contributed by atoms with Crippen LogP contribution in [-0.2, 0) is 11.3 Å². The number of methoxy groups -OCH3 is 1. The summed E-state index contributed by atoms with van der Waals surface area (Å²) < 4.78 is 16.3. The molecule has 1 aliphatic rings. The smallest absolute Gasteiger partial charge is 0.161 e. The minimum Gasteiger partial charge on any atom is -0.493 e. The number of rotatable bonds is 7. The van der Waals surface area contributed by atoms with Crippen molar-refractivity contribution in [2.24, 2.45) is 5.92 Å². The van der Waals surface area contributed by atoms with Crippen LogP contribution < -0.4 is 14.8 Å². The maximum atomic E-state index is 5.60. The first-order valence-corrected chi connectivity index (χ1v) is 7.41. The first-order valence-electron chi connectivity index (χ1n) is 7.41. The maximum Gasteiger partial charge on any atom is 0.161 e. The Kier molecular flexibility index (Phi) is 6.15. The minimum atomic E-state index is 0.648. The van der Waals surface area contributed by atoms with Gasteiger partial charge in [-0.2, -0.15) is 0 Å². The molecule has 0 unspecified atom stereocenters. The summed E-state index contributed by atoms with van der Waals surface area (Å²) in [5, 5.41) is 3.53. The van der Waals surface area contributed by atoms with Crippen LogP contribution in [0.3, 0.4) is 0 Å². The molecule has 20 heavy (non-hydrogen) atoms. The van der Waals surface area contributed by atoms with Crippen LogP contribution in [0.15, 0.2) is 18.2 Å². The summed E-state index contributed by atoms with van der Waals surface area (Å²) in [5.41, 5.74) is 1.22. The lowest BCUT2D eigenvalue weighted by molar-refractivity contribution is 0.0662. The molecule has 1 heterocycles. The zero-order valence-electron chi connectivity index (χ0n) is 12.5. The van der Waals surface area contributed by atoms with E-state index in [0.29, 0.717) is 6.61 Å². The second-order valence-corrected chi connectivity index (χ2v) is 5.10. The summed E-state index contributed by atoms with van der Waals surface area (Å²) >= 11 is 0. The van der Waals surface area contributed by atoms with Gasteiger partial charge in [0.25, 0.3) is 0 Å². The average Bonchev–Trinajstić information content (AvgIpc) is 2.49. The third kappa shape index (κ3) is 4.39. The highest BCUT2D eigenvalue weighted by Gasteiger charge is 2.13. The SMILES string of the molecule is CCOc1cc(CNCC2CCOCC2)ccc1OC. The second kappa shape index (κ2) is 8.12. The van der Waals surface area contributed by atoms with Crippen molar-refractivity contribution < 1.29 is 14.2 Å². The standard InChI is InChI=1S/C16H25NO3/c1-3-20-16-10-14(4-5-15(16)18-2)12-17-11-13-6-8-19-9-7-13/h4-5,10,13,17H,3,6-9,11-12H2,1-2H3. The third-order valence-electron chi connectivity index (χ3n) is 3.63. The van der Waals surface area contributed by atoms with Gasteiger partial charge < -0.3 is 19.5 Å². The van der Waals surface area contributed by atoms with E-state index in [1.54, 1.807) is 7.11 Å². The summed E-state index contributed by atoms with van der Waals surface area (Å²) in [6.45, 7) is 6.36. The van der Waals surface area contributed by atoms with Crippen molar-refractivity contribution in [2.75, 3.05) is 33.5 Å². The highest BCUT2D eigenvalue weighted by Crippen LogP contribution is 2.28. The van der Waals surface area contributed by atoms with Gasteiger partial charge in [-0.15, -0.1) is 0 Å². The quantitative estimate of drug-likeness (QED) is 0.833. The molecule has 1 aliphatic heterocycles. The van der Waals surface area contributed by atoms with Crippen molar-refractivity contribution in [2.45, 2.75) is 26.3 Å². The Balaban J connectivity index is 1.84. The Morgan fingerprint density at radius 3 is 2.75 bits per heavy atom. The van der Waals surface area contributed by atoms with Crippen molar-refractivity contribution >= 4 is 0 Å². The highest BCUT2D eigenvalue weighted by atomic mass is 16.5. The number of benzene rings is 1. The summed E-state index contributed by atoms with van der Waals surface area (Å²) in [6, 6.07) is 6.11. The van der Waals surface area contributed by atoms with Gasteiger partial charge in [-0.1, -0.05) is 6.07 Å². The Morgan fingerprint density at radius 1 is 1.25 bits per heavy atom. The predicted molar refractivity (Wildman–Crippen MR) is 79.4 cm³/mol. The first-order chi connectivity index (χ1) is 9.83. The van der Waals surface area contributed by atoms with Gasteiger partial charge in [0.15, 0.2) is 11.5 Å². The monoisotopic (exact) mass is 279 g/mol. The van der Waals surface area contributed by atoms with Crippen molar-refractivity contribution in [3.05, 3.63) is 23.8 Å². The Morgan fingerprint density at radius 2 is 2.05 bits per heavy atom. The van der Waals surface area contributed by atoms with Gasteiger partial charge in [-0.25, -0.2) is 0 Å². The van der Waals surface area contributed by atoms with Crippen LogP contribution in [0.2, 0.25) is 0 Å². The van der Waals surface area contributed by atoms with Gasteiger partial charge in [0.2, 0.25) is 0 Å². The van der Waals surface area contributed by atoms with Crippen LogP contribution in [0.4, 0.5) is 0 Å². The normalized spacial score (nSPS) is 16.1. The van der Waals surface area contributed by atoms with E-state index in [1.165, 1.54) is 18.4 Å². The van der Waals surface area contributed by atoms with E-state index in [1.807, 2.05) is 13.0 Å². The second-order valence-electron chi connectivity index (χ2n) is 5.10. The van der Waals surface area contributed by atoms with Crippen molar-refractivity contribution in [3.63, 3.8) is 0 Å². The van der Waals surface area contributed by atoms with Crippen LogP contribution in [-0.4, -0.2) is 33.5 Å². The van der Waals surface area contributed by atoms with Crippen LogP contribution in [0.1, 0.15) is 25.3 Å². The molecule has 1 aromatic rings. The van der Waals surface area contributed by atoms with E-state index < -0.39 is 0 Å². The highest BCUT2D eigenvalue weighted by molar-refractivity contribution is 5.42. The van der Waals surface area contributed by atoms with Crippen molar-refractivity contribution in [3.8, 4) is 11.5 Å². The fourth-order valence-electron chi connectivity index (χ4n) is 2.47. The van der Waals surface area contributed by atoms with E-state index in [2.05, 4.69) is 17.4 Å². The molecule has 1 fully saturated rings. The molecule has 0 atom stereocenters. The van der Waals surface area contributed by atoms with E-state index >= 15 is 0 Å². The molecule has 0 saturated carbocycles. The molecule has 1 aromatic carbocycles. The fraction of sp³-hybridized carbons (Fsp3) is 0.625. The maximum absolute atomic E-state index is 5.60. The fourth-order valence-corrected chi connectivity index (χ4v) is 2.47. The molecule has 4 heteroatoms. The molecular formula is C16H25NO3. The van der Waals surface area contributed by atoms with Gasteiger partial charge in [0, 0.05) is 19.8 Å². The van der Waals surface area contributed by atoms with Crippen LogP contribution in [0.25, 0.3) is 0 Å². The average molecular weight is 279 g/mol. The van der Waals surface area contributed by atoms with Crippen LogP contribution in [0, 0.1) is 5.92 Å². The molecule has 1 saturated heterocycles. The molecule has 0 radical (unpaired) electrons. The van der Waals surface area contributed by atoms with Gasteiger partial charge >= 0.3 is 0 Å². The molecule has 0 spiro atoms. The Bertz CT molecular complexity index is 403. The Hall–Kier alpha value is -1.26.